The van der Waals surface area contributed by atoms with Crippen molar-refractivity contribution in [3.05, 3.63) is 35.4 Å². The molecule has 1 aromatic carbocycles. The maximum Gasteiger partial charge on any atom is 0.411 e. The zero-order valence-corrected chi connectivity index (χ0v) is 16.5. The number of nitrogens with zero attached hydrogens (tertiary/aromatic N) is 1. The SMILES string of the molecule is CCNC(=NCc1ccc(COCC(F)(F)F)cc1)NCCNC(C)(C)C. The van der Waals surface area contributed by atoms with Crippen molar-refractivity contribution in [3.63, 3.8) is 0 Å². The Morgan fingerprint density at radius 1 is 1.00 bits per heavy atom. The fourth-order valence-electron chi connectivity index (χ4n) is 2.16. The van der Waals surface area contributed by atoms with Crippen molar-refractivity contribution in [2.75, 3.05) is 26.2 Å². The predicted octanol–water partition coefficient (Wildman–Crippen LogP) is 3.21. The number of ether oxygens (including phenoxy) is 1. The highest BCUT2D eigenvalue weighted by Crippen LogP contribution is 2.16. The van der Waals surface area contributed by atoms with Gasteiger partial charge in [-0.2, -0.15) is 13.2 Å². The summed E-state index contributed by atoms with van der Waals surface area (Å²) in [4.78, 5) is 4.53. The number of nitrogens with one attached hydrogen (secondary N) is 3. The van der Waals surface area contributed by atoms with E-state index in [9.17, 15) is 13.2 Å². The molecule has 8 heteroatoms. The van der Waals surface area contributed by atoms with Gasteiger partial charge in [0, 0.05) is 25.2 Å². The molecule has 0 aliphatic rings. The Labute approximate surface area is 159 Å². The van der Waals surface area contributed by atoms with E-state index in [-0.39, 0.29) is 12.1 Å². The molecule has 0 saturated heterocycles. The van der Waals surface area contributed by atoms with Crippen LogP contribution < -0.4 is 16.0 Å². The summed E-state index contributed by atoms with van der Waals surface area (Å²) in [6, 6.07) is 7.21. The van der Waals surface area contributed by atoms with Crippen LogP contribution in [0.2, 0.25) is 0 Å². The molecule has 0 radical (unpaired) electrons. The first-order chi connectivity index (χ1) is 12.6. The van der Waals surface area contributed by atoms with Gasteiger partial charge in [0.25, 0.3) is 0 Å². The number of guanidine groups is 1. The van der Waals surface area contributed by atoms with Gasteiger partial charge in [0.2, 0.25) is 0 Å². The standard InChI is InChI=1S/C19H31F3N4O/c1-5-23-17(24-10-11-26-18(2,3)4)25-12-15-6-8-16(9-7-15)13-27-14-19(20,21)22/h6-9,26H,5,10-14H2,1-4H3,(H2,23,24,25). The summed E-state index contributed by atoms with van der Waals surface area (Å²) >= 11 is 0. The number of halogens is 3. The number of rotatable bonds is 9. The summed E-state index contributed by atoms with van der Waals surface area (Å²) in [5.41, 5.74) is 1.74. The van der Waals surface area contributed by atoms with Crippen molar-refractivity contribution < 1.29 is 17.9 Å². The molecule has 0 aliphatic carbocycles. The monoisotopic (exact) mass is 388 g/mol. The largest absolute Gasteiger partial charge is 0.411 e. The first-order valence-corrected chi connectivity index (χ1v) is 9.08. The molecule has 5 nitrogen and oxygen atoms in total. The van der Waals surface area contributed by atoms with E-state index in [4.69, 9.17) is 0 Å². The van der Waals surface area contributed by atoms with Crippen LogP contribution in [0.4, 0.5) is 13.2 Å². The van der Waals surface area contributed by atoms with Crippen molar-refractivity contribution in [2.24, 2.45) is 4.99 Å². The molecule has 0 saturated carbocycles. The average molecular weight is 388 g/mol. The van der Waals surface area contributed by atoms with Crippen LogP contribution in [-0.2, 0) is 17.9 Å². The lowest BCUT2D eigenvalue weighted by molar-refractivity contribution is -0.176. The molecule has 27 heavy (non-hydrogen) atoms. The van der Waals surface area contributed by atoms with Gasteiger partial charge in [0.1, 0.15) is 6.61 Å². The fraction of sp³-hybridized carbons (Fsp3) is 0.632. The van der Waals surface area contributed by atoms with Crippen LogP contribution in [0, 0.1) is 0 Å². The summed E-state index contributed by atoms with van der Waals surface area (Å²) in [5, 5.41) is 9.85. The van der Waals surface area contributed by atoms with Gasteiger partial charge in [-0.05, 0) is 38.8 Å². The van der Waals surface area contributed by atoms with Crippen LogP contribution in [0.1, 0.15) is 38.8 Å². The normalized spacial score (nSPS) is 12.9. The highest BCUT2D eigenvalue weighted by atomic mass is 19.4. The van der Waals surface area contributed by atoms with E-state index in [1.54, 1.807) is 12.1 Å². The van der Waals surface area contributed by atoms with E-state index in [0.717, 1.165) is 31.2 Å². The minimum absolute atomic E-state index is 0.0615. The minimum Gasteiger partial charge on any atom is -0.367 e. The van der Waals surface area contributed by atoms with Crippen LogP contribution in [0.5, 0.6) is 0 Å². The smallest absolute Gasteiger partial charge is 0.367 e. The van der Waals surface area contributed by atoms with E-state index < -0.39 is 12.8 Å². The first kappa shape index (κ1) is 23.2. The molecule has 0 bridgehead atoms. The van der Waals surface area contributed by atoms with Gasteiger partial charge in [0.15, 0.2) is 5.96 Å². The molecule has 0 aromatic heterocycles. The lowest BCUT2D eigenvalue weighted by Crippen LogP contribution is -2.44. The van der Waals surface area contributed by atoms with Crippen LogP contribution in [0.25, 0.3) is 0 Å². The number of hydrogen-bond donors (Lipinski definition) is 3. The molecule has 1 rings (SSSR count). The third-order valence-corrected chi connectivity index (χ3v) is 3.39. The fourth-order valence-corrected chi connectivity index (χ4v) is 2.16. The molecule has 3 N–H and O–H groups in total. The Bertz CT molecular complexity index is 566. The Morgan fingerprint density at radius 2 is 1.63 bits per heavy atom. The van der Waals surface area contributed by atoms with Gasteiger partial charge < -0.3 is 20.7 Å². The number of alkyl halides is 3. The minimum atomic E-state index is -4.30. The second-order valence-electron chi connectivity index (χ2n) is 7.22. The van der Waals surface area contributed by atoms with E-state index in [0.29, 0.717) is 12.1 Å². The van der Waals surface area contributed by atoms with E-state index in [2.05, 4.69) is 46.5 Å². The zero-order chi connectivity index (χ0) is 20.3. The Morgan fingerprint density at radius 3 is 2.19 bits per heavy atom. The lowest BCUT2D eigenvalue weighted by Gasteiger charge is -2.21. The lowest BCUT2D eigenvalue weighted by atomic mass is 10.1. The van der Waals surface area contributed by atoms with Gasteiger partial charge in [-0.3, -0.25) is 0 Å². The quantitative estimate of drug-likeness (QED) is 0.345. The first-order valence-electron chi connectivity index (χ1n) is 9.08. The van der Waals surface area contributed by atoms with Crippen molar-refractivity contribution in [1.29, 1.82) is 0 Å². The molecule has 0 aliphatic heterocycles. The molecule has 1 aromatic rings. The third kappa shape index (κ3) is 12.3. The maximum atomic E-state index is 12.1. The molecule has 154 valence electrons. The number of benzene rings is 1. The highest BCUT2D eigenvalue weighted by molar-refractivity contribution is 5.79. The summed E-state index contributed by atoms with van der Waals surface area (Å²) < 4.78 is 40.9. The van der Waals surface area contributed by atoms with Gasteiger partial charge >= 0.3 is 6.18 Å². The molecule has 0 unspecified atom stereocenters. The van der Waals surface area contributed by atoms with Crippen molar-refractivity contribution >= 4 is 5.96 Å². The van der Waals surface area contributed by atoms with Crippen molar-refractivity contribution in [1.82, 2.24) is 16.0 Å². The van der Waals surface area contributed by atoms with Gasteiger partial charge in [-0.1, -0.05) is 24.3 Å². The Hall–Kier alpha value is -1.80. The highest BCUT2D eigenvalue weighted by Gasteiger charge is 2.27. The number of aliphatic imine (C=N–C) groups is 1. The van der Waals surface area contributed by atoms with Crippen LogP contribution in [-0.4, -0.2) is 43.9 Å². The van der Waals surface area contributed by atoms with Gasteiger partial charge in [-0.15, -0.1) is 0 Å². The topological polar surface area (TPSA) is 57.7 Å². The average Bonchev–Trinajstić information content (AvgIpc) is 2.55. The molecule has 0 amide bonds. The zero-order valence-electron chi connectivity index (χ0n) is 16.5. The summed E-state index contributed by atoms with van der Waals surface area (Å²) in [6.07, 6.45) is -4.30. The molecule has 0 heterocycles. The van der Waals surface area contributed by atoms with Crippen LogP contribution >= 0.6 is 0 Å². The van der Waals surface area contributed by atoms with Crippen LogP contribution in [0.3, 0.4) is 0 Å². The summed E-state index contributed by atoms with van der Waals surface area (Å²) in [6.45, 7) is 9.85. The second kappa shape index (κ2) is 11.1. The summed E-state index contributed by atoms with van der Waals surface area (Å²) in [5.74, 6) is 0.728. The van der Waals surface area contributed by atoms with Gasteiger partial charge in [-0.25, -0.2) is 4.99 Å². The van der Waals surface area contributed by atoms with Crippen molar-refractivity contribution in [2.45, 2.75) is 52.6 Å². The Kier molecular flexibility index (Phi) is 9.59. The third-order valence-electron chi connectivity index (χ3n) is 3.39. The second-order valence-corrected chi connectivity index (χ2v) is 7.22. The maximum absolute atomic E-state index is 12.1. The summed E-state index contributed by atoms with van der Waals surface area (Å²) in [7, 11) is 0. The predicted molar refractivity (Wildman–Crippen MR) is 103 cm³/mol. The van der Waals surface area contributed by atoms with E-state index in [1.165, 1.54) is 0 Å². The molecule has 0 fully saturated rings. The molecule has 0 spiro atoms. The molecule has 0 atom stereocenters. The molecular weight excluding hydrogens is 357 g/mol. The number of hydrogen-bond acceptors (Lipinski definition) is 3. The van der Waals surface area contributed by atoms with Crippen LogP contribution in [0.15, 0.2) is 29.3 Å². The Balaban J connectivity index is 2.46. The van der Waals surface area contributed by atoms with E-state index in [1.807, 2.05) is 19.1 Å². The van der Waals surface area contributed by atoms with Gasteiger partial charge in [0.05, 0.1) is 13.2 Å². The molecular formula is C19H31F3N4O. The van der Waals surface area contributed by atoms with E-state index >= 15 is 0 Å². The van der Waals surface area contributed by atoms with Crippen molar-refractivity contribution in [3.8, 4) is 0 Å².